The van der Waals surface area contributed by atoms with Gasteiger partial charge in [0.05, 0.1) is 23.9 Å². The Morgan fingerprint density at radius 3 is 2.30 bits per heavy atom. The van der Waals surface area contributed by atoms with Crippen LogP contribution in [0.2, 0.25) is 0 Å². The lowest BCUT2D eigenvalue weighted by atomic mass is 9.53. The second kappa shape index (κ2) is 6.30. The molecule has 0 atom stereocenters. The molecule has 2 aromatic rings. The maximum Gasteiger partial charge on any atom is 0.261 e. The van der Waals surface area contributed by atoms with Crippen molar-refractivity contribution in [3.63, 3.8) is 0 Å². The fourth-order valence-electron chi connectivity index (χ4n) is 6.71. The zero-order chi connectivity index (χ0) is 20.5. The summed E-state index contributed by atoms with van der Waals surface area (Å²) in [5.74, 6) is 1.91. The molecule has 0 unspecified atom stereocenters. The van der Waals surface area contributed by atoms with E-state index in [-0.39, 0.29) is 29.8 Å². The van der Waals surface area contributed by atoms with Gasteiger partial charge in [-0.3, -0.25) is 19.3 Å². The van der Waals surface area contributed by atoms with E-state index in [4.69, 9.17) is 4.42 Å². The molecule has 7 rings (SSSR count). The van der Waals surface area contributed by atoms with E-state index in [1.807, 2.05) is 0 Å². The van der Waals surface area contributed by atoms with Crippen molar-refractivity contribution in [2.24, 2.45) is 17.8 Å². The van der Waals surface area contributed by atoms with Crippen molar-refractivity contribution in [3.05, 3.63) is 59.0 Å². The first-order valence-corrected chi connectivity index (χ1v) is 10.8. The van der Waals surface area contributed by atoms with Gasteiger partial charge in [-0.2, -0.15) is 0 Å². The predicted molar refractivity (Wildman–Crippen MR) is 108 cm³/mol. The van der Waals surface area contributed by atoms with E-state index in [0.29, 0.717) is 22.5 Å². The van der Waals surface area contributed by atoms with Crippen molar-refractivity contribution >= 4 is 17.7 Å². The van der Waals surface area contributed by atoms with Gasteiger partial charge in [-0.25, -0.2) is 0 Å². The van der Waals surface area contributed by atoms with Gasteiger partial charge in [0.25, 0.3) is 17.7 Å². The molecule has 1 aliphatic heterocycles. The van der Waals surface area contributed by atoms with Crippen LogP contribution in [0.5, 0.6) is 0 Å². The molecule has 6 nitrogen and oxygen atoms in total. The van der Waals surface area contributed by atoms with Crippen LogP contribution in [0.25, 0.3) is 0 Å². The van der Waals surface area contributed by atoms with E-state index >= 15 is 0 Å². The van der Waals surface area contributed by atoms with Crippen molar-refractivity contribution in [1.29, 1.82) is 0 Å². The summed E-state index contributed by atoms with van der Waals surface area (Å²) in [6.45, 7) is 0.0914. The second-order valence-electron chi connectivity index (χ2n) is 9.69. The second-order valence-corrected chi connectivity index (χ2v) is 9.69. The van der Waals surface area contributed by atoms with Gasteiger partial charge in [0.2, 0.25) is 0 Å². The van der Waals surface area contributed by atoms with Crippen LogP contribution in [0, 0.1) is 17.8 Å². The first-order valence-electron chi connectivity index (χ1n) is 10.8. The van der Waals surface area contributed by atoms with Gasteiger partial charge in [0.15, 0.2) is 0 Å². The van der Waals surface area contributed by atoms with Gasteiger partial charge in [0, 0.05) is 11.1 Å². The summed E-state index contributed by atoms with van der Waals surface area (Å²) in [6, 6.07) is 8.30. The van der Waals surface area contributed by atoms with Crippen molar-refractivity contribution in [2.45, 2.75) is 50.6 Å². The molecular weight excluding hydrogens is 380 g/mol. The number of hydrogen-bond acceptors (Lipinski definition) is 4. The summed E-state index contributed by atoms with van der Waals surface area (Å²) in [5, 5.41) is 3.34. The molecule has 0 saturated heterocycles. The molecule has 4 bridgehead atoms. The van der Waals surface area contributed by atoms with Crippen molar-refractivity contribution in [1.82, 2.24) is 10.2 Å². The van der Waals surface area contributed by atoms with Crippen molar-refractivity contribution < 1.29 is 18.8 Å². The molecular formula is C24H24N2O4. The number of furan rings is 1. The average Bonchev–Trinajstić information content (AvgIpc) is 3.29. The summed E-state index contributed by atoms with van der Waals surface area (Å²) in [4.78, 5) is 39.8. The minimum atomic E-state index is -0.379. The largest absolute Gasteiger partial charge is 0.467 e. The number of nitrogens with one attached hydrogen (secondary N) is 1. The number of imide groups is 1. The summed E-state index contributed by atoms with van der Waals surface area (Å²) < 4.78 is 5.28. The molecule has 1 aromatic carbocycles. The smallest absolute Gasteiger partial charge is 0.261 e. The third-order valence-electron chi connectivity index (χ3n) is 7.54. The van der Waals surface area contributed by atoms with Gasteiger partial charge in [-0.1, -0.05) is 0 Å². The molecule has 5 aliphatic rings. The van der Waals surface area contributed by atoms with Crippen LogP contribution < -0.4 is 5.32 Å². The minimum absolute atomic E-state index is 0.0873. The highest BCUT2D eigenvalue weighted by molar-refractivity contribution is 6.22. The SMILES string of the molecule is O=C(NC12CC3CC(CC(C3)C1)C2)c1ccc2c(c1)C(=O)N(Cc1ccco1)C2=O. The third-order valence-corrected chi connectivity index (χ3v) is 7.54. The molecule has 30 heavy (non-hydrogen) atoms. The fourth-order valence-corrected chi connectivity index (χ4v) is 6.71. The summed E-state index contributed by atoms with van der Waals surface area (Å²) >= 11 is 0. The molecule has 154 valence electrons. The fraction of sp³-hybridized carbons (Fsp3) is 0.458. The molecule has 4 saturated carbocycles. The number of carbonyl (C=O) groups is 3. The number of benzene rings is 1. The van der Waals surface area contributed by atoms with Crippen LogP contribution in [0.3, 0.4) is 0 Å². The summed E-state index contributed by atoms with van der Waals surface area (Å²) in [5.41, 5.74) is 1.00. The first kappa shape index (κ1) is 17.9. The van der Waals surface area contributed by atoms with Gasteiger partial charge < -0.3 is 9.73 Å². The molecule has 4 fully saturated rings. The third kappa shape index (κ3) is 2.73. The maximum absolute atomic E-state index is 13.1. The van der Waals surface area contributed by atoms with Crippen LogP contribution in [0.4, 0.5) is 0 Å². The van der Waals surface area contributed by atoms with Gasteiger partial charge >= 0.3 is 0 Å². The van der Waals surface area contributed by atoms with Gasteiger partial charge in [0.1, 0.15) is 5.76 Å². The topological polar surface area (TPSA) is 79.6 Å². The Bertz CT molecular complexity index is 1020. The average molecular weight is 404 g/mol. The molecule has 3 amide bonds. The summed E-state index contributed by atoms with van der Waals surface area (Å²) in [6.07, 6.45) is 8.68. The molecule has 0 spiro atoms. The monoisotopic (exact) mass is 404 g/mol. The quantitative estimate of drug-likeness (QED) is 0.787. The van der Waals surface area contributed by atoms with Crippen molar-refractivity contribution in [2.75, 3.05) is 0 Å². The van der Waals surface area contributed by atoms with E-state index in [9.17, 15) is 14.4 Å². The molecule has 0 radical (unpaired) electrons. The minimum Gasteiger partial charge on any atom is -0.467 e. The lowest BCUT2D eigenvalue weighted by Gasteiger charge is -2.56. The lowest BCUT2D eigenvalue weighted by Crippen LogP contribution is -2.59. The number of fused-ring (bicyclic) bond motifs is 1. The lowest BCUT2D eigenvalue weighted by molar-refractivity contribution is -0.0167. The van der Waals surface area contributed by atoms with E-state index < -0.39 is 0 Å². The Labute approximate surface area is 174 Å². The highest BCUT2D eigenvalue weighted by atomic mass is 16.3. The molecule has 4 aliphatic carbocycles. The van der Waals surface area contributed by atoms with E-state index in [2.05, 4.69) is 5.32 Å². The van der Waals surface area contributed by atoms with Crippen LogP contribution in [-0.4, -0.2) is 28.2 Å². The number of amides is 3. The zero-order valence-corrected chi connectivity index (χ0v) is 16.7. The van der Waals surface area contributed by atoms with Crippen LogP contribution in [0.15, 0.2) is 41.0 Å². The van der Waals surface area contributed by atoms with E-state index in [1.54, 1.807) is 30.3 Å². The van der Waals surface area contributed by atoms with Crippen molar-refractivity contribution in [3.8, 4) is 0 Å². The standard InChI is InChI=1S/C24H24N2O4/c27-21(25-24-10-14-6-15(11-24)8-16(7-14)12-24)17-3-4-19-20(9-17)23(29)26(22(19)28)13-18-2-1-5-30-18/h1-5,9,14-16H,6-8,10-13H2,(H,25,27). The first-order chi connectivity index (χ1) is 14.5. The highest BCUT2D eigenvalue weighted by Gasteiger charge is 2.51. The van der Waals surface area contributed by atoms with Crippen LogP contribution in [0.1, 0.15) is 75.4 Å². The maximum atomic E-state index is 13.1. The molecule has 1 N–H and O–H groups in total. The highest BCUT2D eigenvalue weighted by Crippen LogP contribution is 2.55. The zero-order valence-electron chi connectivity index (χ0n) is 16.7. The van der Waals surface area contributed by atoms with E-state index in [1.165, 1.54) is 30.4 Å². The number of hydrogen-bond donors (Lipinski definition) is 1. The van der Waals surface area contributed by atoms with Gasteiger partial charge in [-0.15, -0.1) is 0 Å². The van der Waals surface area contributed by atoms with Crippen LogP contribution in [-0.2, 0) is 6.54 Å². The number of carbonyl (C=O) groups excluding carboxylic acids is 3. The Balaban J connectivity index is 1.23. The predicted octanol–water partition coefficient (Wildman–Crippen LogP) is 3.77. The number of rotatable bonds is 4. The Kier molecular flexibility index (Phi) is 3.77. The Morgan fingerprint density at radius 1 is 1.00 bits per heavy atom. The molecule has 1 aromatic heterocycles. The Morgan fingerprint density at radius 2 is 1.67 bits per heavy atom. The normalized spacial score (nSPS) is 31.3. The molecule has 2 heterocycles. The van der Waals surface area contributed by atoms with Gasteiger partial charge in [-0.05, 0) is 86.6 Å². The Hall–Kier alpha value is -2.89. The number of nitrogens with zero attached hydrogens (tertiary/aromatic N) is 1. The molecule has 6 heteroatoms. The van der Waals surface area contributed by atoms with Crippen LogP contribution >= 0.6 is 0 Å². The van der Waals surface area contributed by atoms with E-state index in [0.717, 1.165) is 37.0 Å². The summed E-state index contributed by atoms with van der Waals surface area (Å²) in [7, 11) is 0.